The average Bonchev–Trinajstić information content (AvgIpc) is 2.70. The molecule has 0 bridgehead atoms. The molecule has 0 aliphatic carbocycles. The van der Waals surface area contributed by atoms with E-state index in [1.807, 2.05) is 38.1 Å². The van der Waals surface area contributed by atoms with Crippen molar-refractivity contribution >= 4 is 27.8 Å². The van der Waals surface area contributed by atoms with Crippen molar-refractivity contribution in [1.82, 2.24) is 14.9 Å². The van der Waals surface area contributed by atoms with Gasteiger partial charge in [-0.25, -0.2) is 4.79 Å². The number of carboxylic acid groups (broad SMARTS) is 1. The van der Waals surface area contributed by atoms with Crippen molar-refractivity contribution in [2.45, 2.75) is 66.5 Å². The Morgan fingerprint density at radius 2 is 1.88 bits per heavy atom. The zero-order valence-corrected chi connectivity index (χ0v) is 20.4. The first-order valence-corrected chi connectivity index (χ1v) is 11.5. The van der Waals surface area contributed by atoms with Gasteiger partial charge in [0, 0.05) is 29.9 Å². The van der Waals surface area contributed by atoms with Gasteiger partial charge in [0.2, 0.25) is 0 Å². The zero-order chi connectivity index (χ0) is 24.3. The molecule has 1 amide bonds. The predicted molar refractivity (Wildman–Crippen MR) is 132 cm³/mol. The van der Waals surface area contributed by atoms with Gasteiger partial charge in [0.15, 0.2) is 0 Å². The van der Waals surface area contributed by atoms with Crippen LogP contribution in [-0.4, -0.2) is 33.4 Å². The lowest BCUT2D eigenvalue weighted by Crippen LogP contribution is -2.39. The molecule has 2 N–H and O–H groups in total. The number of ether oxygens (including phenoxy) is 1. The Balaban J connectivity index is 1.90. The van der Waals surface area contributed by atoms with E-state index in [-0.39, 0.29) is 29.7 Å². The largest absolute Gasteiger partial charge is 0.491 e. The van der Waals surface area contributed by atoms with Crippen LogP contribution >= 0.6 is 0 Å². The summed E-state index contributed by atoms with van der Waals surface area (Å²) >= 11 is 0. The van der Waals surface area contributed by atoms with E-state index in [1.54, 1.807) is 17.0 Å². The molecule has 7 nitrogen and oxygen atoms in total. The summed E-state index contributed by atoms with van der Waals surface area (Å²) in [6.45, 7) is 12.9. The van der Waals surface area contributed by atoms with Crippen LogP contribution in [-0.2, 0) is 0 Å². The van der Waals surface area contributed by atoms with Gasteiger partial charge >= 0.3 is 6.09 Å². The highest BCUT2D eigenvalue weighted by Crippen LogP contribution is 2.29. The van der Waals surface area contributed by atoms with E-state index in [1.165, 1.54) is 0 Å². The van der Waals surface area contributed by atoms with Crippen LogP contribution in [0.3, 0.4) is 0 Å². The number of benzene rings is 1. The lowest BCUT2D eigenvalue weighted by Gasteiger charge is -2.27. The molecule has 0 aliphatic rings. The molecule has 0 spiro atoms. The standard InChI is InChI=1S/C26H35N3O4/c1-16(2)29-23-12-19(7-8-21(23)20-9-10-27-14-22(20)24(29)30)33-15-18(28-25(31)32)11-17(3)13-26(4,5)6/h7-10,12,14,16-18,28H,11,13,15H2,1-6H3,(H,31,32). The number of carbonyl (C=O) groups is 1. The summed E-state index contributed by atoms with van der Waals surface area (Å²) in [6, 6.07) is 7.17. The fraction of sp³-hybridized carbons (Fsp3) is 0.500. The Hall–Kier alpha value is -3.09. The maximum absolute atomic E-state index is 13.1. The molecule has 3 aromatic rings. The van der Waals surface area contributed by atoms with Crippen molar-refractivity contribution < 1.29 is 14.6 Å². The van der Waals surface area contributed by atoms with E-state index in [0.29, 0.717) is 23.5 Å². The highest BCUT2D eigenvalue weighted by molar-refractivity contribution is 6.05. The molecule has 33 heavy (non-hydrogen) atoms. The second-order valence-corrected chi connectivity index (χ2v) is 10.4. The SMILES string of the molecule is CC(CC(COc1ccc2c3ccncc3c(=O)n(C(C)C)c2c1)NC(=O)O)CC(C)(C)C. The summed E-state index contributed by atoms with van der Waals surface area (Å²) < 4.78 is 7.80. The van der Waals surface area contributed by atoms with Gasteiger partial charge in [-0.2, -0.15) is 0 Å². The fourth-order valence-electron chi connectivity index (χ4n) is 4.73. The number of aromatic nitrogens is 2. The first-order chi connectivity index (χ1) is 15.5. The van der Waals surface area contributed by atoms with Crippen LogP contribution in [0.4, 0.5) is 4.79 Å². The highest BCUT2D eigenvalue weighted by atomic mass is 16.5. The molecule has 2 atom stereocenters. The third-order valence-corrected chi connectivity index (χ3v) is 5.73. The van der Waals surface area contributed by atoms with Crippen molar-refractivity contribution in [2.24, 2.45) is 11.3 Å². The van der Waals surface area contributed by atoms with E-state index >= 15 is 0 Å². The Morgan fingerprint density at radius 3 is 2.52 bits per heavy atom. The van der Waals surface area contributed by atoms with Crippen molar-refractivity contribution in [3.63, 3.8) is 0 Å². The number of hydrogen-bond donors (Lipinski definition) is 2. The van der Waals surface area contributed by atoms with E-state index in [0.717, 1.165) is 22.7 Å². The molecule has 2 aromatic heterocycles. The summed E-state index contributed by atoms with van der Waals surface area (Å²) in [4.78, 5) is 28.6. The molecular formula is C26H35N3O4. The minimum absolute atomic E-state index is 0.0421. The molecule has 0 saturated heterocycles. The molecule has 7 heteroatoms. The van der Waals surface area contributed by atoms with Gasteiger partial charge in [0.05, 0.1) is 16.9 Å². The lowest BCUT2D eigenvalue weighted by atomic mass is 9.83. The van der Waals surface area contributed by atoms with Gasteiger partial charge in [-0.3, -0.25) is 9.78 Å². The van der Waals surface area contributed by atoms with E-state index in [9.17, 15) is 14.7 Å². The topological polar surface area (TPSA) is 93.5 Å². The smallest absolute Gasteiger partial charge is 0.404 e. The third-order valence-electron chi connectivity index (χ3n) is 5.73. The number of nitrogens with zero attached hydrogens (tertiary/aromatic N) is 2. The fourth-order valence-corrected chi connectivity index (χ4v) is 4.73. The van der Waals surface area contributed by atoms with Crippen LogP contribution in [0.1, 0.15) is 60.4 Å². The van der Waals surface area contributed by atoms with Crippen LogP contribution < -0.4 is 15.6 Å². The number of amides is 1. The normalized spacial score (nSPS) is 13.9. The second-order valence-electron chi connectivity index (χ2n) is 10.4. The molecule has 0 aliphatic heterocycles. The van der Waals surface area contributed by atoms with E-state index in [4.69, 9.17) is 4.74 Å². The monoisotopic (exact) mass is 453 g/mol. The van der Waals surface area contributed by atoms with Gasteiger partial charge < -0.3 is 19.7 Å². The van der Waals surface area contributed by atoms with Crippen molar-refractivity contribution in [3.05, 3.63) is 47.0 Å². The number of rotatable bonds is 8. The second kappa shape index (κ2) is 9.81. The van der Waals surface area contributed by atoms with Crippen LogP contribution in [0.2, 0.25) is 0 Å². The molecule has 2 heterocycles. The summed E-state index contributed by atoms with van der Waals surface area (Å²) in [5.74, 6) is 0.943. The Kier molecular flexibility index (Phi) is 7.30. The Morgan fingerprint density at radius 1 is 1.15 bits per heavy atom. The van der Waals surface area contributed by atoms with E-state index in [2.05, 4.69) is 38.0 Å². The summed E-state index contributed by atoms with van der Waals surface area (Å²) in [5.41, 5.74) is 0.875. The maximum atomic E-state index is 13.1. The van der Waals surface area contributed by atoms with Crippen molar-refractivity contribution in [1.29, 1.82) is 0 Å². The highest BCUT2D eigenvalue weighted by Gasteiger charge is 2.21. The lowest BCUT2D eigenvalue weighted by molar-refractivity contribution is 0.172. The van der Waals surface area contributed by atoms with Gasteiger partial charge in [0.25, 0.3) is 5.56 Å². The molecule has 0 fully saturated rings. The molecular weight excluding hydrogens is 418 g/mol. The number of hydrogen-bond acceptors (Lipinski definition) is 4. The van der Waals surface area contributed by atoms with Gasteiger partial charge in [0.1, 0.15) is 12.4 Å². The first kappa shape index (κ1) is 24.6. The van der Waals surface area contributed by atoms with Crippen LogP contribution in [0.15, 0.2) is 41.5 Å². The number of pyridine rings is 2. The average molecular weight is 454 g/mol. The number of nitrogens with one attached hydrogen (secondary N) is 1. The zero-order valence-electron chi connectivity index (χ0n) is 20.4. The molecule has 3 rings (SSSR count). The quantitative estimate of drug-likeness (QED) is 0.433. The van der Waals surface area contributed by atoms with Crippen molar-refractivity contribution in [2.75, 3.05) is 6.61 Å². The van der Waals surface area contributed by atoms with Crippen molar-refractivity contribution in [3.8, 4) is 5.75 Å². The van der Waals surface area contributed by atoms with E-state index < -0.39 is 6.09 Å². The Bertz CT molecular complexity index is 1190. The molecule has 0 radical (unpaired) electrons. The van der Waals surface area contributed by atoms with Crippen LogP contribution in [0.25, 0.3) is 21.7 Å². The molecule has 0 saturated carbocycles. The predicted octanol–water partition coefficient (Wildman–Crippen LogP) is 5.61. The minimum atomic E-state index is -1.06. The molecule has 178 valence electrons. The van der Waals surface area contributed by atoms with Crippen LogP contribution in [0.5, 0.6) is 5.75 Å². The molecule has 1 aromatic carbocycles. The maximum Gasteiger partial charge on any atom is 0.404 e. The van der Waals surface area contributed by atoms with Gasteiger partial charge in [-0.1, -0.05) is 27.7 Å². The first-order valence-electron chi connectivity index (χ1n) is 11.5. The number of fused-ring (bicyclic) bond motifs is 3. The van der Waals surface area contributed by atoms with Gasteiger partial charge in [-0.15, -0.1) is 0 Å². The summed E-state index contributed by atoms with van der Waals surface area (Å²) in [5, 5.41) is 14.3. The summed E-state index contributed by atoms with van der Waals surface area (Å²) in [6.07, 6.45) is 3.92. The minimum Gasteiger partial charge on any atom is -0.491 e. The molecule has 2 unspecified atom stereocenters. The third kappa shape index (κ3) is 6.03. The Labute approximate surface area is 194 Å². The summed E-state index contributed by atoms with van der Waals surface area (Å²) in [7, 11) is 0. The van der Waals surface area contributed by atoms with Crippen LogP contribution in [0, 0.1) is 11.3 Å². The van der Waals surface area contributed by atoms with Gasteiger partial charge in [-0.05, 0) is 61.6 Å².